The summed E-state index contributed by atoms with van der Waals surface area (Å²) in [5.74, 6) is -0.282. The van der Waals surface area contributed by atoms with E-state index in [-0.39, 0.29) is 11.5 Å². The molecule has 0 saturated heterocycles. The van der Waals surface area contributed by atoms with E-state index >= 15 is 0 Å². The van der Waals surface area contributed by atoms with Gasteiger partial charge in [0.05, 0.1) is 11.4 Å². The van der Waals surface area contributed by atoms with E-state index < -0.39 is 0 Å². The molecule has 4 nitrogen and oxygen atoms in total. The van der Waals surface area contributed by atoms with Crippen LogP contribution in [0.2, 0.25) is 0 Å². The minimum atomic E-state index is -0.282. The average Bonchev–Trinajstić information content (AvgIpc) is 2.92. The van der Waals surface area contributed by atoms with E-state index in [4.69, 9.17) is 0 Å². The van der Waals surface area contributed by atoms with Crippen LogP contribution in [0.3, 0.4) is 0 Å². The monoisotopic (exact) mass is 306 g/mol. The van der Waals surface area contributed by atoms with Crippen molar-refractivity contribution in [2.24, 2.45) is 0 Å². The van der Waals surface area contributed by atoms with Crippen LogP contribution in [0.15, 0.2) is 42.5 Å². The molecule has 0 amide bonds. The summed E-state index contributed by atoms with van der Waals surface area (Å²) in [6.45, 7) is 4.02. The predicted molar refractivity (Wildman–Crippen MR) is 84.8 cm³/mol. The van der Waals surface area contributed by atoms with E-state index in [1.54, 1.807) is 16.8 Å². The zero-order valence-corrected chi connectivity index (χ0v) is 12.9. The molecule has 1 heterocycles. The fraction of sp³-hybridized carbons (Fsp3) is 0.167. The second-order valence-electron chi connectivity index (χ2n) is 5.50. The molecule has 2 aromatic carbocycles. The lowest BCUT2D eigenvalue weighted by Crippen LogP contribution is -2.06. The minimum Gasteiger partial charge on any atom is -0.216 e. The predicted octanol–water partition coefficient (Wildman–Crippen LogP) is 3.49. The third kappa shape index (κ3) is 2.97. The van der Waals surface area contributed by atoms with Gasteiger partial charge in [-0.3, -0.25) is 0 Å². The van der Waals surface area contributed by atoms with Crippen LogP contribution >= 0.6 is 0 Å². The highest BCUT2D eigenvalue weighted by atomic mass is 19.1. The summed E-state index contributed by atoms with van der Waals surface area (Å²) < 4.78 is 14.8. The van der Waals surface area contributed by atoms with Crippen LogP contribution in [0, 0.1) is 31.0 Å². The van der Waals surface area contributed by atoms with Crippen molar-refractivity contribution in [3.63, 3.8) is 0 Å². The van der Waals surface area contributed by atoms with Gasteiger partial charge >= 0.3 is 0 Å². The van der Waals surface area contributed by atoms with Crippen molar-refractivity contribution in [3.8, 4) is 11.8 Å². The van der Waals surface area contributed by atoms with Gasteiger partial charge in [0, 0.05) is 6.42 Å². The minimum absolute atomic E-state index is 0.282. The van der Waals surface area contributed by atoms with Gasteiger partial charge in [0.25, 0.3) is 0 Å². The number of nitriles is 1. The Labute approximate surface area is 133 Å². The molecular formula is C18H15FN4. The van der Waals surface area contributed by atoms with Gasteiger partial charge < -0.3 is 0 Å². The first kappa shape index (κ1) is 14.9. The largest absolute Gasteiger partial charge is 0.216 e. The first-order chi connectivity index (χ1) is 11.1. The summed E-state index contributed by atoms with van der Waals surface area (Å²) >= 11 is 0. The molecule has 0 bridgehead atoms. The molecule has 0 N–H and O–H groups in total. The SMILES string of the molecule is Cc1ccc(-n2nnc(C#N)c2Cc2ccc(F)cc2)c(C)c1. The van der Waals surface area contributed by atoms with Crippen molar-refractivity contribution in [3.05, 3.63) is 76.4 Å². The highest BCUT2D eigenvalue weighted by Crippen LogP contribution is 2.20. The number of hydrogen-bond acceptors (Lipinski definition) is 3. The van der Waals surface area contributed by atoms with E-state index in [2.05, 4.69) is 22.4 Å². The quantitative estimate of drug-likeness (QED) is 0.744. The van der Waals surface area contributed by atoms with E-state index in [1.165, 1.54) is 12.1 Å². The van der Waals surface area contributed by atoms with Crippen molar-refractivity contribution in [2.75, 3.05) is 0 Å². The van der Waals surface area contributed by atoms with Gasteiger partial charge in [-0.05, 0) is 43.2 Å². The smallest absolute Gasteiger partial charge is 0.186 e. The molecule has 0 aliphatic heterocycles. The summed E-state index contributed by atoms with van der Waals surface area (Å²) in [5.41, 5.74) is 4.99. The zero-order chi connectivity index (χ0) is 16.4. The highest BCUT2D eigenvalue weighted by Gasteiger charge is 2.16. The fourth-order valence-corrected chi connectivity index (χ4v) is 2.58. The van der Waals surface area contributed by atoms with Gasteiger partial charge in [-0.15, -0.1) is 5.10 Å². The molecule has 0 aliphatic carbocycles. The van der Waals surface area contributed by atoms with Gasteiger partial charge in [0.2, 0.25) is 0 Å². The number of halogens is 1. The molecular weight excluding hydrogens is 291 g/mol. The van der Waals surface area contributed by atoms with Crippen LogP contribution in [-0.4, -0.2) is 15.0 Å². The van der Waals surface area contributed by atoms with Gasteiger partial charge in [-0.2, -0.15) is 5.26 Å². The summed E-state index contributed by atoms with van der Waals surface area (Å²) in [6, 6.07) is 14.3. The molecule has 0 radical (unpaired) electrons. The van der Waals surface area contributed by atoms with E-state index in [0.29, 0.717) is 12.1 Å². The number of rotatable bonds is 3. The Hall–Kier alpha value is -3.00. The molecule has 114 valence electrons. The lowest BCUT2D eigenvalue weighted by atomic mass is 10.1. The molecule has 23 heavy (non-hydrogen) atoms. The highest BCUT2D eigenvalue weighted by molar-refractivity contribution is 5.45. The maximum atomic E-state index is 13.1. The Bertz CT molecular complexity index is 888. The Balaban J connectivity index is 2.07. The number of hydrogen-bond donors (Lipinski definition) is 0. The van der Waals surface area contributed by atoms with Crippen LogP contribution in [0.4, 0.5) is 4.39 Å². The molecule has 0 spiro atoms. The molecule has 0 unspecified atom stereocenters. The van der Waals surface area contributed by atoms with E-state index in [1.807, 2.05) is 26.0 Å². The molecule has 0 fully saturated rings. The molecule has 0 saturated carbocycles. The first-order valence-electron chi connectivity index (χ1n) is 7.25. The zero-order valence-electron chi connectivity index (χ0n) is 12.9. The van der Waals surface area contributed by atoms with Crippen LogP contribution in [-0.2, 0) is 6.42 Å². The Morgan fingerprint density at radius 3 is 2.52 bits per heavy atom. The summed E-state index contributed by atoms with van der Waals surface area (Å²) in [5, 5.41) is 17.4. The summed E-state index contributed by atoms with van der Waals surface area (Å²) in [7, 11) is 0. The summed E-state index contributed by atoms with van der Waals surface area (Å²) in [6.07, 6.45) is 0.462. The second-order valence-corrected chi connectivity index (χ2v) is 5.50. The van der Waals surface area contributed by atoms with Crippen LogP contribution in [0.5, 0.6) is 0 Å². The van der Waals surface area contributed by atoms with E-state index in [9.17, 15) is 9.65 Å². The van der Waals surface area contributed by atoms with E-state index in [0.717, 1.165) is 22.4 Å². The molecule has 3 rings (SSSR count). The van der Waals surface area contributed by atoms with Gasteiger partial charge in [0.1, 0.15) is 11.9 Å². The van der Waals surface area contributed by atoms with Crippen LogP contribution in [0.25, 0.3) is 5.69 Å². The number of nitrogens with zero attached hydrogens (tertiary/aromatic N) is 4. The Morgan fingerprint density at radius 1 is 1.13 bits per heavy atom. The standard InChI is InChI=1S/C18H15FN4/c1-12-3-8-17(13(2)9-12)23-18(16(11-20)21-22-23)10-14-4-6-15(19)7-5-14/h3-9H,10H2,1-2H3. The summed E-state index contributed by atoms with van der Waals surface area (Å²) in [4.78, 5) is 0. The van der Waals surface area contributed by atoms with Crippen LogP contribution < -0.4 is 0 Å². The third-order valence-corrected chi connectivity index (χ3v) is 3.73. The maximum absolute atomic E-state index is 13.1. The van der Waals surface area contributed by atoms with Gasteiger partial charge in [-0.1, -0.05) is 35.0 Å². The molecule has 0 aliphatic rings. The number of aromatic nitrogens is 3. The third-order valence-electron chi connectivity index (χ3n) is 3.73. The van der Waals surface area contributed by atoms with Gasteiger partial charge in [-0.25, -0.2) is 9.07 Å². The van der Waals surface area contributed by atoms with Crippen molar-refractivity contribution >= 4 is 0 Å². The maximum Gasteiger partial charge on any atom is 0.186 e. The number of benzene rings is 2. The molecule has 5 heteroatoms. The first-order valence-corrected chi connectivity index (χ1v) is 7.25. The van der Waals surface area contributed by atoms with Crippen molar-refractivity contribution in [1.29, 1.82) is 5.26 Å². The van der Waals surface area contributed by atoms with Crippen molar-refractivity contribution in [1.82, 2.24) is 15.0 Å². The normalized spacial score (nSPS) is 10.5. The topological polar surface area (TPSA) is 54.5 Å². The lowest BCUT2D eigenvalue weighted by molar-refractivity contribution is 0.627. The molecule has 0 atom stereocenters. The average molecular weight is 306 g/mol. The van der Waals surface area contributed by atoms with Crippen LogP contribution in [0.1, 0.15) is 28.1 Å². The second kappa shape index (κ2) is 6.01. The van der Waals surface area contributed by atoms with Gasteiger partial charge in [0.15, 0.2) is 5.69 Å². The molecule has 1 aromatic heterocycles. The van der Waals surface area contributed by atoms with Crippen molar-refractivity contribution in [2.45, 2.75) is 20.3 Å². The lowest BCUT2D eigenvalue weighted by Gasteiger charge is -2.10. The Kier molecular flexibility index (Phi) is 3.90. The fourth-order valence-electron chi connectivity index (χ4n) is 2.58. The Morgan fingerprint density at radius 2 is 1.87 bits per heavy atom. The van der Waals surface area contributed by atoms with Crippen molar-refractivity contribution < 1.29 is 4.39 Å². The molecule has 3 aromatic rings. The number of aryl methyl sites for hydroxylation is 2.